The molecule has 1 aliphatic rings. The van der Waals surface area contributed by atoms with Crippen LogP contribution >= 0.6 is 0 Å². The molecule has 1 aromatic carbocycles. The van der Waals surface area contributed by atoms with E-state index < -0.39 is 12.1 Å². The molecule has 0 saturated carbocycles. The Hall–Kier alpha value is -1.39. The van der Waals surface area contributed by atoms with E-state index in [0.29, 0.717) is 11.5 Å². The highest BCUT2D eigenvalue weighted by molar-refractivity contribution is 5.76. The molecule has 1 aliphatic heterocycles. The molecule has 1 heterocycles. The Morgan fingerprint density at radius 2 is 2.06 bits per heavy atom. The Labute approximate surface area is 107 Å². The molecule has 1 aromatic rings. The molecule has 1 N–H and O–H groups in total. The monoisotopic (exact) mass is 249 g/mol. The van der Waals surface area contributed by atoms with Crippen LogP contribution in [-0.2, 0) is 9.53 Å². The van der Waals surface area contributed by atoms with Crippen molar-refractivity contribution in [1.29, 1.82) is 0 Å². The van der Waals surface area contributed by atoms with Gasteiger partial charge < -0.3 is 14.7 Å². The Morgan fingerprint density at radius 1 is 1.44 bits per heavy atom. The van der Waals surface area contributed by atoms with Crippen LogP contribution in [0.25, 0.3) is 0 Å². The number of esters is 1. The van der Waals surface area contributed by atoms with Gasteiger partial charge in [-0.15, -0.1) is 0 Å². The molecule has 0 aliphatic carbocycles. The number of rotatable bonds is 4. The van der Waals surface area contributed by atoms with E-state index in [2.05, 4.69) is 11.9 Å². The minimum atomic E-state index is -1.18. The highest BCUT2D eigenvalue weighted by Crippen LogP contribution is 2.26. The van der Waals surface area contributed by atoms with E-state index in [-0.39, 0.29) is 6.61 Å². The second-order valence-corrected chi connectivity index (χ2v) is 4.74. The van der Waals surface area contributed by atoms with E-state index in [0.717, 1.165) is 13.1 Å². The van der Waals surface area contributed by atoms with Crippen molar-refractivity contribution in [3.05, 3.63) is 35.4 Å². The molecular formula is C14H19NO3. The van der Waals surface area contributed by atoms with Crippen molar-refractivity contribution in [3.8, 4) is 0 Å². The molecule has 2 rings (SSSR count). The highest BCUT2D eigenvalue weighted by atomic mass is 16.5. The fourth-order valence-electron chi connectivity index (χ4n) is 2.22. The second-order valence-electron chi connectivity index (χ2n) is 4.74. The third-order valence-electron chi connectivity index (χ3n) is 3.30. The number of carbonyl (C=O) groups is 1. The van der Waals surface area contributed by atoms with Crippen molar-refractivity contribution in [3.63, 3.8) is 0 Å². The summed E-state index contributed by atoms with van der Waals surface area (Å²) in [6, 6.07) is 7.56. The van der Waals surface area contributed by atoms with Gasteiger partial charge in [0.1, 0.15) is 0 Å². The zero-order chi connectivity index (χ0) is 13.1. The third kappa shape index (κ3) is 2.71. The number of likely N-dealkylation sites (N-methyl/N-ethyl adjacent to an activating group) is 1. The summed E-state index contributed by atoms with van der Waals surface area (Å²) < 4.78 is 4.79. The molecular weight excluding hydrogens is 230 g/mol. The van der Waals surface area contributed by atoms with E-state index in [9.17, 15) is 9.90 Å². The number of aliphatic hydroxyl groups is 1. The van der Waals surface area contributed by atoms with Gasteiger partial charge in [0.2, 0.25) is 0 Å². The summed E-state index contributed by atoms with van der Waals surface area (Å²) in [5.41, 5.74) is 1.85. The molecule has 1 unspecified atom stereocenters. The van der Waals surface area contributed by atoms with Crippen molar-refractivity contribution in [1.82, 2.24) is 4.90 Å². The lowest BCUT2D eigenvalue weighted by atomic mass is 9.91. The normalized spacial score (nSPS) is 18.2. The Morgan fingerprint density at radius 3 is 2.56 bits per heavy atom. The molecule has 0 bridgehead atoms. The van der Waals surface area contributed by atoms with Crippen molar-refractivity contribution in [2.75, 3.05) is 26.7 Å². The van der Waals surface area contributed by atoms with E-state index >= 15 is 0 Å². The minimum absolute atomic E-state index is 0.280. The fourth-order valence-corrected chi connectivity index (χ4v) is 2.22. The maximum Gasteiger partial charge on any atom is 0.339 e. The Bertz CT molecular complexity index is 410. The zero-order valence-electron chi connectivity index (χ0n) is 10.8. The van der Waals surface area contributed by atoms with Gasteiger partial charge in [-0.05, 0) is 25.1 Å². The molecule has 0 radical (unpaired) electrons. The SMILES string of the molecule is CCOC(=O)C(O)c1ccc(C2CN(C)C2)cc1. The van der Waals surface area contributed by atoms with Crippen LogP contribution in [0.5, 0.6) is 0 Å². The second kappa shape index (κ2) is 5.50. The number of likely N-dealkylation sites (tertiary alicyclic amines) is 1. The first-order valence-corrected chi connectivity index (χ1v) is 6.25. The lowest BCUT2D eigenvalue weighted by Gasteiger charge is -2.36. The first kappa shape index (κ1) is 13.1. The lowest BCUT2D eigenvalue weighted by molar-refractivity contribution is -0.153. The lowest BCUT2D eigenvalue weighted by Crippen LogP contribution is -2.41. The molecule has 0 spiro atoms. The molecule has 1 saturated heterocycles. The number of benzene rings is 1. The van der Waals surface area contributed by atoms with Gasteiger partial charge in [0.15, 0.2) is 6.10 Å². The van der Waals surface area contributed by atoms with Gasteiger partial charge in [0.25, 0.3) is 0 Å². The van der Waals surface area contributed by atoms with Crippen LogP contribution in [0.4, 0.5) is 0 Å². The average Bonchev–Trinajstić information content (AvgIpc) is 2.35. The van der Waals surface area contributed by atoms with Gasteiger partial charge in [-0.25, -0.2) is 4.79 Å². The summed E-state index contributed by atoms with van der Waals surface area (Å²) in [4.78, 5) is 13.6. The standard InChI is InChI=1S/C14H19NO3/c1-3-18-14(17)13(16)11-6-4-10(5-7-11)12-8-15(2)9-12/h4-7,12-13,16H,3,8-9H2,1-2H3. The van der Waals surface area contributed by atoms with Crippen LogP contribution in [-0.4, -0.2) is 42.7 Å². The van der Waals surface area contributed by atoms with Gasteiger partial charge >= 0.3 is 5.97 Å². The van der Waals surface area contributed by atoms with E-state index in [1.807, 2.05) is 12.1 Å². The van der Waals surface area contributed by atoms with Crippen LogP contribution in [0.3, 0.4) is 0 Å². The smallest absolute Gasteiger partial charge is 0.339 e. The zero-order valence-corrected chi connectivity index (χ0v) is 10.8. The van der Waals surface area contributed by atoms with E-state index in [4.69, 9.17) is 4.74 Å². The molecule has 4 nitrogen and oxygen atoms in total. The third-order valence-corrected chi connectivity index (χ3v) is 3.30. The number of hydrogen-bond donors (Lipinski definition) is 1. The summed E-state index contributed by atoms with van der Waals surface area (Å²) in [6.45, 7) is 4.14. The van der Waals surface area contributed by atoms with Gasteiger partial charge in [0.05, 0.1) is 6.61 Å². The summed E-state index contributed by atoms with van der Waals surface area (Å²) >= 11 is 0. The molecule has 1 atom stereocenters. The summed E-state index contributed by atoms with van der Waals surface area (Å²) in [5, 5.41) is 9.78. The number of ether oxygens (including phenoxy) is 1. The molecule has 0 aromatic heterocycles. The number of hydrogen-bond acceptors (Lipinski definition) is 4. The summed E-state index contributed by atoms with van der Waals surface area (Å²) in [5.74, 6) is -0.0163. The maximum atomic E-state index is 11.4. The summed E-state index contributed by atoms with van der Waals surface area (Å²) in [7, 11) is 2.09. The Balaban J connectivity index is 2.01. The minimum Gasteiger partial charge on any atom is -0.464 e. The predicted octanol–water partition coefficient (Wildman–Crippen LogP) is 1.31. The first-order valence-electron chi connectivity index (χ1n) is 6.25. The topological polar surface area (TPSA) is 49.8 Å². The molecule has 1 fully saturated rings. The van der Waals surface area contributed by atoms with Crippen LogP contribution in [0, 0.1) is 0 Å². The van der Waals surface area contributed by atoms with Gasteiger partial charge in [0, 0.05) is 19.0 Å². The molecule has 18 heavy (non-hydrogen) atoms. The van der Waals surface area contributed by atoms with Crippen molar-refractivity contribution in [2.24, 2.45) is 0 Å². The number of carbonyl (C=O) groups excluding carboxylic acids is 1. The van der Waals surface area contributed by atoms with E-state index in [1.54, 1.807) is 19.1 Å². The van der Waals surface area contributed by atoms with E-state index in [1.165, 1.54) is 5.56 Å². The van der Waals surface area contributed by atoms with Crippen LogP contribution < -0.4 is 0 Å². The van der Waals surface area contributed by atoms with Crippen LogP contribution in [0.1, 0.15) is 30.1 Å². The Kier molecular flexibility index (Phi) is 3.99. The van der Waals surface area contributed by atoms with Crippen molar-refractivity contribution < 1.29 is 14.6 Å². The fraction of sp³-hybridized carbons (Fsp3) is 0.500. The quantitative estimate of drug-likeness (QED) is 0.817. The van der Waals surface area contributed by atoms with Crippen LogP contribution in [0.15, 0.2) is 24.3 Å². The largest absolute Gasteiger partial charge is 0.464 e. The molecule has 0 amide bonds. The highest BCUT2D eigenvalue weighted by Gasteiger charge is 2.25. The molecule has 4 heteroatoms. The predicted molar refractivity (Wildman–Crippen MR) is 68.3 cm³/mol. The first-order chi connectivity index (χ1) is 8.61. The summed E-state index contributed by atoms with van der Waals surface area (Å²) in [6.07, 6.45) is -1.18. The number of nitrogens with zero attached hydrogens (tertiary/aromatic N) is 1. The van der Waals surface area contributed by atoms with Gasteiger partial charge in [-0.3, -0.25) is 0 Å². The van der Waals surface area contributed by atoms with Crippen molar-refractivity contribution in [2.45, 2.75) is 18.9 Å². The van der Waals surface area contributed by atoms with Crippen molar-refractivity contribution >= 4 is 5.97 Å². The maximum absolute atomic E-state index is 11.4. The number of aliphatic hydroxyl groups excluding tert-OH is 1. The van der Waals surface area contributed by atoms with Gasteiger partial charge in [-0.1, -0.05) is 24.3 Å². The van der Waals surface area contributed by atoms with Gasteiger partial charge in [-0.2, -0.15) is 0 Å². The van der Waals surface area contributed by atoms with Crippen LogP contribution in [0.2, 0.25) is 0 Å². The molecule has 98 valence electrons. The average molecular weight is 249 g/mol.